The number of nitrogens with zero attached hydrogens (tertiary/aromatic N) is 3. The topological polar surface area (TPSA) is 75.9 Å². The molecule has 0 unspecified atom stereocenters. The number of hydrogen-bond acceptors (Lipinski definition) is 5. The zero-order chi connectivity index (χ0) is 18.5. The lowest BCUT2D eigenvalue weighted by Crippen LogP contribution is -2.51. The second-order valence-electron chi connectivity index (χ2n) is 6.25. The van der Waals surface area contributed by atoms with Gasteiger partial charge in [0, 0.05) is 32.2 Å². The maximum atomic E-state index is 12.5. The molecule has 1 aromatic heterocycles. The van der Waals surface area contributed by atoms with Crippen molar-refractivity contribution in [3.63, 3.8) is 0 Å². The molecule has 0 bridgehead atoms. The third-order valence-corrected chi connectivity index (χ3v) is 4.36. The molecule has 2 heterocycles. The van der Waals surface area contributed by atoms with Crippen LogP contribution in [-0.4, -0.2) is 59.6 Å². The van der Waals surface area contributed by atoms with E-state index in [1.807, 2.05) is 31.2 Å². The largest absolute Gasteiger partial charge is 0.494 e. The van der Waals surface area contributed by atoms with Crippen LogP contribution >= 0.6 is 0 Å². The van der Waals surface area contributed by atoms with E-state index in [1.165, 1.54) is 0 Å². The molecule has 0 aliphatic carbocycles. The van der Waals surface area contributed by atoms with E-state index < -0.39 is 0 Å². The normalized spacial score (nSPS) is 14.4. The number of benzene rings is 1. The van der Waals surface area contributed by atoms with E-state index in [1.54, 1.807) is 22.8 Å². The first-order chi connectivity index (χ1) is 12.6. The van der Waals surface area contributed by atoms with Crippen molar-refractivity contribution in [2.75, 3.05) is 32.8 Å². The maximum absolute atomic E-state index is 12.5. The molecule has 2 amide bonds. The molecule has 0 radical (unpaired) electrons. The summed E-state index contributed by atoms with van der Waals surface area (Å²) in [5.74, 6) is 1.33. The van der Waals surface area contributed by atoms with Crippen molar-refractivity contribution in [3.05, 3.63) is 47.3 Å². The molecule has 26 heavy (non-hydrogen) atoms. The molecule has 1 saturated heterocycles. The van der Waals surface area contributed by atoms with Crippen LogP contribution in [0.1, 0.15) is 28.7 Å². The molecule has 0 spiro atoms. The Labute approximate surface area is 152 Å². The van der Waals surface area contributed by atoms with Crippen molar-refractivity contribution >= 4 is 11.8 Å². The smallest absolute Gasteiger partial charge is 0.276 e. The van der Waals surface area contributed by atoms with Gasteiger partial charge in [0.15, 0.2) is 5.69 Å². The van der Waals surface area contributed by atoms with Gasteiger partial charge in [0.05, 0.1) is 13.0 Å². The Morgan fingerprint density at radius 1 is 1.12 bits per heavy atom. The summed E-state index contributed by atoms with van der Waals surface area (Å²) in [4.78, 5) is 28.4. The number of aromatic nitrogens is 1. The van der Waals surface area contributed by atoms with Gasteiger partial charge in [0.2, 0.25) is 5.91 Å². The third kappa shape index (κ3) is 4.22. The van der Waals surface area contributed by atoms with Gasteiger partial charge in [-0.1, -0.05) is 17.3 Å². The average Bonchev–Trinajstić information content (AvgIpc) is 3.09. The van der Waals surface area contributed by atoms with Crippen LogP contribution in [-0.2, 0) is 11.2 Å². The van der Waals surface area contributed by atoms with Gasteiger partial charge >= 0.3 is 0 Å². The van der Waals surface area contributed by atoms with Crippen molar-refractivity contribution in [2.24, 2.45) is 0 Å². The second kappa shape index (κ2) is 8.03. The standard InChI is InChI=1S/C19H23N3O4/c1-3-25-16-6-4-15(5-7-16)13-18(23)21-8-10-22(11-9-21)19(24)17-12-14(2)26-20-17/h4-7,12H,3,8-11,13H2,1-2H3. The van der Waals surface area contributed by atoms with Crippen LogP contribution in [0.2, 0.25) is 0 Å². The third-order valence-electron chi connectivity index (χ3n) is 4.36. The molecule has 138 valence electrons. The summed E-state index contributed by atoms with van der Waals surface area (Å²) < 4.78 is 10.4. The minimum atomic E-state index is -0.152. The first kappa shape index (κ1) is 18.0. The number of carbonyl (C=O) groups excluding carboxylic acids is 2. The number of carbonyl (C=O) groups is 2. The molecule has 2 aromatic rings. The van der Waals surface area contributed by atoms with Crippen molar-refractivity contribution < 1.29 is 18.8 Å². The van der Waals surface area contributed by atoms with Crippen LogP contribution in [0.3, 0.4) is 0 Å². The van der Waals surface area contributed by atoms with Gasteiger partial charge in [0.1, 0.15) is 11.5 Å². The van der Waals surface area contributed by atoms with Crippen LogP contribution in [0.15, 0.2) is 34.9 Å². The van der Waals surface area contributed by atoms with Crippen molar-refractivity contribution in [3.8, 4) is 5.75 Å². The molecule has 7 heteroatoms. The highest BCUT2D eigenvalue weighted by molar-refractivity contribution is 5.92. The van der Waals surface area contributed by atoms with Gasteiger partial charge in [-0.3, -0.25) is 9.59 Å². The fraction of sp³-hybridized carbons (Fsp3) is 0.421. The molecular formula is C19H23N3O4. The fourth-order valence-corrected chi connectivity index (χ4v) is 2.94. The van der Waals surface area contributed by atoms with E-state index in [2.05, 4.69) is 5.16 Å². The first-order valence-corrected chi connectivity index (χ1v) is 8.79. The highest BCUT2D eigenvalue weighted by Gasteiger charge is 2.26. The predicted octanol–water partition coefficient (Wildman–Crippen LogP) is 1.91. The zero-order valence-electron chi connectivity index (χ0n) is 15.1. The van der Waals surface area contributed by atoms with E-state index in [9.17, 15) is 9.59 Å². The molecule has 0 saturated carbocycles. The summed E-state index contributed by atoms with van der Waals surface area (Å²) in [6.07, 6.45) is 0.350. The van der Waals surface area contributed by atoms with Crippen LogP contribution in [0, 0.1) is 6.92 Å². The summed E-state index contributed by atoms with van der Waals surface area (Å²) in [6.45, 7) is 6.36. The van der Waals surface area contributed by atoms with E-state index >= 15 is 0 Å². The number of hydrogen-bond donors (Lipinski definition) is 0. The number of ether oxygens (including phenoxy) is 1. The van der Waals surface area contributed by atoms with Crippen LogP contribution in [0.4, 0.5) is 0 Å². The van der Waals surface area contributed by atoms with Crippen molar-refractivity contribution in [1.29, 1.82) is 0 Å². The van der Waals surface area contributed by atoms with Gasteiger partial charge in [-0.15, -0.1) is 0 Å². The van der Waals surface area contributed by atoms with Gasteiger partial charge in [-0.2, -0.15) is 0 Å². The molecule has 1 aromatic carbocycles. The molecule has 0 N–H and O–H groups in total. The average molecular weight is 357 g/mol. The molecule has 1 aliphatic rings. The highest BCUT2D eigenvalue weighted by atomic mass is 16.5. The van der Waals surface area contributed by atoms with Gasteiger partial charge in [-0.05, 0) is 31.5 Å². The van der Waals surface area contributed by atoms with E-state index in [0.717, 1.165) is 11.3 Å². The van der Waals surface area contributed by atoms with E-state index in [-0.39, 0.29) is 11.8 Å². The number of amides is 2. The van der Waals surface area contributed by atoms with Crippen molar-refractivity contribution in [1.82, 2.24) is 15.0 Å². The van der Waals surface area contributed by atoms with E-state index in [4.69, 9.17) is 9.26 Å². The lowest BCUT2D eigenvalue weighted by Gasteiger charge is -2.34. The zero-order valence-corrected chi connectivity index (χ0v) is 15.1. The van der Waals surface area contributed by atoms with Crippen LogP contribution in [0.25, 0.3) is 0 Å². The minimum absolute atomic E-state index is 0.0681. The Kier molecular flexibility index (Phi) is 5.55. The molecule has 1 fully saturated rings. The Bertz CT molecular complexity index is 761. The predicted molar refractivity (Wildman–Crippen MR) is 95.0 cm³/mol. The quantitative estimate of drug-likeness (QED) is 0.817. The fourth-order valence-electron chi connectivity index (χ4n) is 2.94. The summed E-state index contributed by atoms with van der Waals surface area (Å²) in [6, 6.07) is 9.21. The summed E-state index contributed by atoms with van der Waals surface area (Å²) in [5.41, 5.74) is 1.27. The molecule has 3 rings (SSSR count). The van der Waals surface area contributed by atoms with Crippen LogP contribution in [0.5, 0.6) is 5.75 Å². The Morgan fingerprint density at radius 3 is 2.35 bits per heavy atom. The highest BCUT2D eigenvalue weighted by Crippen LogP contribution is 2.14. The lowest BCUT2D eigenvalue weighted by molar-refractivity contribution is -0.131. The number of piperazine rings is 1. The molecule has 0 atom stereocenters. The Hall–Kier alpha value is -2.83. The number of aryl methyl sites for hydroxylation is 1. The van der Waals surface area contributed by atoms with Gasteiger partial charge < -0.3 is 19.1 Å². The molecule has 1 aliphatic heterocycles. The van der Waals surface area contributed by atoms with Gasteiger partial charge in [-0.25, -0.2) is 0 Å². The van der Waals surface area contributed by atoms with Gasteiger partial charge in [0.25, 0.3) is 5.91 Å². The summed E-state index contributed by atoms with van der Waals surface area (Å²) in [5, 5.41) is 3.76. The molecular weight excluding hydrogens is 334 g/mol. The molecule has 7 nitrogen and oxygen atoms in total. The van der Waals surface area contributed by atoms with Crippen molar-refractivity contribution in [2.45, 2.75) is 20.3 Å². The lowest BCUT2D eigenvalue weighted by atomic mass is 10.1. The summed E-state index contributed by atoms with van der Waals surface area (Å²) >= 11 is 0. The second-order valence-corrected chi connectivity index (χ2v) is 6.25. The Balaban J connectivity index is 1.51. The Morgan fingerprint density at radius 2 is 1.77 bits per heavy atom. The van der Waals surface area contributed by atoms with E-state index in [0.29, 0.717) is 50.7 Å². The SMILES string of the molecule is CCOc1ccc(CC(=O)N2CCN(C(=O)c3cc(C)on3)CC2)cc1. The maximum Gasteiger partial charge on any atom is 0.276 e. The summed E-state index contributed by atoms with van der Waals surface area (Å²) in [7, 11) is 0. The monoisotopic (exact) mass is 357 g/mol. The minimum Gasteiger partial charge on any atom is -0.494 e. The number of rotatable bonds is 5. The first-order valence-electron chi connectivity index (χ1n) is 8.79. The van der Waals surface area contributed by atoms with Crippen LogP contribution < -0.4 is 4.74 Å².